The summed E-state index contributed by atoms with van der Waals surface area (Å²) in [7, 11) is 3.41. The van der Waals surface area contributed by atoms with Gasteiger partial charge in [-0.3, -0.25) is 15.0 Å². The molecule has 0 unspecified atom stereocenters. The molecule has 2 amide bonds. The molecule has 1 fully saturated rings. The van der Waals surface area contributed by atoms with E-state index in [1.54, 1.807) is 37.3 Å². The molecule has 0 saturated heterocycles. The van der Waals surface area contributed by atoms with E-state index >= 15 is 0 Å². The molecule has 1 aliphatic carbocycles. The maximum absolute atomic E-state index is 13.0. The summed E-state index contributed by atoms with van der Waals surface area (Å²) in [5, 5.41) is 14.2. The summed E-state index contributed by atoms with van der Waals surface area (Å²) in [6.45, 7) is 0. The number of carbonyl (C=O) groups is 1. The summed E-state index contributed by atoms with van der Waals surface area (Å²) in [6, 6.07) is 5.96. The molecule has 32 heavy (non-hydrogen) atoms. The van der Waals surface area contributed by atoms with Crippen LogP contribution in [-0.4, -0.2) is 55.9 Å². The van der Waals surface area contributed by atoms with Crippen LogP contribution in [0.3, 0.4) is 0 Å². The number of hydrogen-bond donors (Lipinski definition) is 1. The van der Waals surface area contributed by atoms with Crippen molar-refractivity contribution in [3.63, 3.8) is 0 Å². The predicted octanol–water partition coefficient (Wildman–Crippen LogP) is 3.89. The quantitative estimate of drug-likeness (QED) is 0.471. The lowest BCUT2D eigenvalue weighted by Gasteiger charge is -2.34. The summed E-state index contributed by atoms with van der Waals surface area (Å²) in [4.78, 5) is 44.4. The molecular formula is C21H24N8O3. The van der Waals surface area contributed by atoms with Crippen LogP contribution in [0.1, 0.15) is 32.1 Å². The van der Waals surface area contributed by atoms with Crippen LogP contribution in [0.4, 0.5) is 27.9 Å². The maximum atomic E-state index is 13.0. The van der Waals surface area contributed by atoms with Crippen LogP contribution >= 0.6 is 0 Å². The second-order valence-electron chi connectivity index (χ2n) is 7.90. The third-order valence-corrected chi connectivity index (χ3v) is 5.43. The van der Waals surface area contributed by atoms with Gasteiger partial charge in [-0.05, 0) is 18.9 Å². The topological polar surface area (TPSA) is 130 Å². The number of amides is 2. The fraction of sp³-hybridized carbons (Fsp3) is 0.381. The van der Waals surface area contributed by atoms with Crippen molar-refractivity contribution in [3.8, 4) is 0 Å². The summed E-state index contributed by atoms with van der Waals surface area (Å²) < 4.78 is 0. The number of nitro groups is 1. The van der Waals surface area contributed by atoms with Gasteiger partial charge in [0.15, 0.2) is 5.82 Å². The Labute approximate surface area is 184 Å². The minimum atomic E-state index is -0.460. The Hall–Kier alpha value is -3.89. The smallest absolute Gasteiger partial charge is 0.326 e. The van der Waals surface area contributed by atoms with Gasteiger partial charge in [0.2, 0.25) is 5.95 Å². The van der Waals surface area contributed by atoms with Gasteiger partial charge >= 0.3 is 6.03 Å². The van der Waals surface area contributed by atoms with Crippen LogP contribution in [-0.2, 0) is 0 Å². The fourth-order valence-corrected chi connectivity index (χ4v) is 3.85. The van der Waals surface area contributed by atoms with Gasteiger partial charge in [-0.2, -0.15) is 0 Å². The minimum absolute atomic E-state index is 0.0221. The van der Waals surface area contributed by atoms with Gasteiger partial charge in [-0.25, -0.2) is 24.7 Å². The number of rotatable bonds is 5. The molecule has 2 heterocycles. The van der Waals surface area contributed by atoms with E-state index < -0.39 is 4.92 Å². The van der Waals surface area contributed by atoms with E-state index in [-0.39, 0.29) is 17.8 Å². The van der Waals surface area contributed by atoms with E-state index in [0.717, 1.165) is 32.1 Å². The summed E-state index contributed by atoms with van der Waals surface area (Å²) in [5.74, 6) is 0.667. The van der Waals surface area contributed by atoms with Gasteiger partial charge in [0.25, 0.3) is 5.69 Å². The first-order valence-corrected chi connectivity index (χ1v) is 10.4. The third-order valence-electron chi connectivity index (χ3n) is 5.43. The summed E-state index contributed by atoms with van der Waals surface area (Å²) in [5.41, 5.74) is 1.38. The molecule has 0 atom stereocenters. The first kappa shape index (κ1) is 21.3. The molecule has 1 aliphatic rings. The number of carbonyl (C=O) groups excluding carboxylic acids is 1. The Bertz CT molecular complexity index is 1150. The van der Waals surface area contributed by atoms with E-state index in [1.807, 2.05) is 0 Å². The van der Waals surface area contributed by atoms with Crippen LogP contribution < -0.4 is 10.2 Å². The molecule has 0 radical (unpaired) electrons. The highest BCUT2D eigenvalue weighted by Gasteiger charge is 2.30. The monoisotopic (exact) mass is 436 g/mol. The van der Waals surface area contributed by atoms with Crippen LogP contribution in [0.2, 0.25) is 0 Å². The Morgan fingerprint density at radius 3 is 2.66 bits per heavy atom. The molecule has 11 heteroatoms. The predicted molar refractivity (Wildman–Crippen MR) is 120 cm³/mol. The lowest BCUT2D eigenvalue weighted by molar-refractivity contribution is -0.384. The largest absolute Gasteiger partial charge is 0.338 e. The fourth-order valence-electron chi connectivity index (χ4n) is 3.85. The van der Waals surface area contributed by atoms with Crippen molar-refractivity contribution in [3.05, 3.63) is 46.9 Å². The number of urea groups is 1. The number of anilines is 3. The second-order valence-corrected chi connectivity index (χ2v) is 7.90. The number of fused-ring (bicyclic) bond motifs is 1. The van der Waals surface area contributed by atoms with Gasteiger partial charge in [0.05, 0.1) is 11.1 Å². The van der Waals surface area contributed by atoms with E-state index in [4.69, 9.17) is 0 Å². The van der Waals surface area contributed by atoms with Gasteiger partial charge in [0, 0.05) is 38.0 Å². The molecule has 4 rings (SSSR count). The summed E-state index contributed by atoms with van der Waals surface area (Å²) in [6.07, 6.45) is 7.99. The molecule has 0 spiro atoms. The van der Waals surface area contributed by atoms with Crippen LogP contribution in [0.5, 0.6) is 0 Å². The standard InChI is InChI=1S/C21H24N8O3/c1-27(2)21(30)28(15-8-4-3-5-9-15)20-22-12-17-18(26-20)19(24-13-23-17)25-14-7-6-10-16(11-14)29(31)32/h6-7,10-13,15H,3-5,8-9H2,1-2H3,(H,23,24,25). The Morgan fingerprint density at radius 2 is 1.94 bits per heavy atom. The second kappa shape index (κ2) is 9.08. The minimum Gasteiger partial charge on any atom is -0.338 e. The molecule has 1 aromatic carbocycles. The zero-order chi connectivity index (χ0) is 22.7. The van der Waals surface area contributed by atoms with E-state index in [9.17, 15) is 14.9 Å². The summed E-state index contributed by atoms with van der Waals surface area (Å²) >= 11 is 0. The lowest BCUT2D eigenvalue weighted by Crippen LogP contribution is -2.47. The van der Waals surface area contributed by atoms with Crippen molar-refractivity contribution in [1.82, 2.24) is 24.8 Å². The Balaban J connectivity index is 1.74. The molecule has 11 nitrogen and oxygen atoms in total. The molecular weight excluding hydrogens is 412 g/mol. The number of nitro benzene ring substituents is 1. The maximum Gasteiger partial charge on any atom is 0.326 e. The lowest BCUT2D eigenvalue weighted by atomic mass is 9.94. The van der Waals surface area contributed by atoms with Gasteiger partial charge in [0.1, 0.15) is 17.4 Å². The highest BCUT2D eigenvalue weighted by atomic mass is 16.6. The highest BCUT2D eigenvalue weighted by Crippen LogP contribution is 2.29. The molecule has 0 bridgehead atoms. The van der Waals surface area contributed by atoms with E-state index in [0.29, 0.717) is 28.5 Å². The zero-order valence-electron chi connectivity index (χ0n) is 17.9. The number of hydrogen-bond acceptors (Lipinski definition) is 8. The first-order chi connectivity index (χ1) is 15.4. The zero-order valence-corrected chi connectivity index (χ0v) is 17.9. The molecule has 166 valence electrons. The number of aromatic nitrogens is 4. The van der Waals surface area contributed by atoms with Crippen molar-refractivity contribution in [2.75, 3.05) is 24.3 Å². The molecule has 2 aromatic heterocycles. The van der Waals surface area contributed by atoms with E-state index in [1.165, 1.54) is 23.4 Å². The average Bonchev–Trinajstić information content (AvgIpc) is 2.80. The number of non-ortho nitro benzene ring substituents is 1. The van der Waals surface area contributed by atoms with Crippen molar-refractivity contribution < 1.29 is 9.72 Å². The van der Waals surface area contributed by atoms with Crippen LogP contribution in [0.15, 0.2) is 36.8 Å². The third kappa shape index (κ3) is 4.41. The van der Waals surface area contributed by atoms with Crippen LogP contribution in [0, 0.1) is 10.1 Å². The molecule has 3 aromatic rings. The molecule has 0 aliphatic heterocycles. The molecule has 1 N–H and O–H groups in total. The van der Waals surface area contributed by atoms with Gasteiger partial charge in [-0.15, -0.1) is 0 Å². The van der Waals surface area contributed by atoms with Crippen molar-refractivity contribution in [1.29, 1.82) is 0 Å². The van der Waals surface area contributed by atoms with E-state index in [2.05, 4.69) is 25.3 Å². The van der Waals surface area contributed by atoms with Gasteiger partial charge in [-0.1, -0.05) is 25.3 Å². The first-order valence-electron chi connectivity index (χ1n) is 10.4. The van der Waals surface area contributed by atoms with Crippen molar-refractivity contribution in [2.45, 2.75) is 38.1 Å². The average molecular weight is 436 g/mol. The number of nitrogens with one attached hydrogen (secondary N) is 1. The number of nitrogens with zero attached hydrogens (tertiary/aromatic N) is 7. The Kier molecular flexibility index (Phi) is 6.06. The highest BCUT2D eigenvalue weighted by molar-refractivity contribution is 5.93. The van der Waals surface area contributed by atoms with Crippen LogP contribution in [0.25, 0.3) is 11.0 Å². The normalized spacial score (nSPS) is 14.2. The number of benzene rings is 1. The Morgan fingerprint density at radius 1 is 1.16 bits per heavy atom. The van der Waals surface area contributed by atoms with Gasteiger partial charge < -0.3 is 10.2 Å². The molecule has 1 saturated carbocycles. The SMILES string of the molecule is CN(C)C(=O)N(c1ncc2ncnc(Nc3cccc([N+](=O)[O-])c3)c2n1)C1CCCCC1. The van der Waals surface area contributed by atoms with Crippen molar-refractivity contribution in [2.24, 2.45) is 0 Å². The van der Waals surface area contributed by atoms with Crippen molar-refractivity contribution >= 4 is 40.2 Å².